The number of hydrogen-bond acceptors (Lipinski definition) is 5. The highest BCUT2D eigenvalue weighted by Crippen LogP contribution is 2.34. The van der Waals surface area contributed by atoms with Crippen LogP contribution < -0.4 is 4.74 Å². The lowest BCUT2D eigenvalue weighted by Crippen LogP contribution is -2.42. The van der Waals surface area contributed by atoms with Crippen LogP contribution in [0.5, 0.6) is 6.01 Å². The molecule has 6 heteroatoms. The Morgan fingerprint density at radius 2 is 1.89 bits per heavy atom. The molecule has 0 aliphatic carbocycles. The van der Waals surface area contributed by atoms with E-state index in [0.717, 1.165) is 30.5 Å². The monoisotopic (exact) mass is 369 g/mol. The molecule has 0 saturated carbocycles. The van der Waals surface area contributed by atoms with Gasteiger partial charge in [-0.15, -0.1) is 0 Å². The number of ether oxygens (including phenoxy) is 2. The molecule has 0 radical (unpaired) electrons. The van der Waals surface area contributed by atoms with Crippen molar-refractivity contribution in [1.29, 1.82) is 0 Å². The van der Waals surface area contributed by atoms with Gasteiger partial charge < -0.3 is 14.4 Å². The third-order valence-corrected chi connectivity index (χ3v) is 4.60. The van der Waals surface area contributed by atoms with Crippen molar-refractivity contribution in [2.75, 3.05) is 20.2 Å². The number of piperidine rings is 1. The number of amides is 1. The first-order valence-corrected chi connectivity index (χ1v) is 9.30. The maximum atomic E-state index is 12.5. The summed E-state index contributed by atoms with van der Waals surface area (Å²) in [6.07, 6.45) is 5.31. The molecular weight excluding hydrogens is 342 g/mol. The van der Waals surface area contributed by atoms with Gasteiger partial charge in [0.15, 0.2) is 0 Å². The van der Waals surface area contributed by atoms with Crippen molar-refractivity contribution < 1.29 is 14.3 Å². The maximum Gasteiger partial charge on any atom is 0.410 e. The quantitative estimate of drug-likeness (QED) is 0.808. The van der Waals surface area contributed by atoms with Gasteiger partial charge in [0.2, 0.25) is 0 Å². The summed E-state index contributed by atoms with van der Waals surface area (Å²) in [5, 5.41) is 0. The number of nitrogens with zero attached hydrogens (tertiary/aromatic N) is 3. The molecule has 1 aromatic carbocycles. The molecular formula is C21H27N3O3. The lowest BCUT2D eigenvalue weighted by atomic mass is 9.86. The second kappa shape index (κ2) is 7.94. The van der Waals surface area contributed by atoms with Crippen molar-refractivity contribution >= 4 is 6.09 Å². The minimum absolute atomic E-state index is 0.238. The van der Waals surface area contributed by atoms with Crippen LogP contribution in [0.4, 0.5) is 4.79 Å². The van der Waals surface area contributed by atoms with Crippen LogP contribution in [0.2, 0.25) is 0 Å². The normalized spacial score (nSPS) is 17.5. The SMILES string of the molecule is COc1ncc(-c2ccccc2C2CCCN(C(=O)OC(C)(C)C)C2)cn1. The summed E-state index contributed by atoms with van der Waals surface area (Å²) < 4.78 is 10.6. The molecule has 3 rings (SSSR count). The molecule has 2 aromatic rings. The molecule has 1 fully saturated rings. The number of likely N-dealkylation sites (tertiary alicyclic amines) is 1. The minimum atomic E-state index is -0.484. The number of carbonyl (C=O) groups is 1. The molecule has 0 spiro atoms. The van der Waals surface area contributed by atoms with E-state index in [2.05, 4.69) is 22.1 Å². The topological polar surface area (TPSA) is 64.5 Å². The van der Waals surface area contributed by atoms with Gasteiger partial charge in [0.05, 0.1) is 7.11 Å². The lowest BCUT2D eigenvalue weighted by Gasteiger charge is -2.35. The second-order valence-electron chi connectivity index (χ2n) is 7.81. The molecule has 27 heavy (non-hydrogen) atoms. The summed E-state index contributed by atoms with van der Waals surface area (Å²) in [6.45, 7) is 7.07. The van der Waals surface area contributed by atoms with Crippen LogP contribution in [0.25, 0.3) is 11.1 Å². The molecule has 1 amide bonds. The van der Waals surface area contributed by atoms with Crippen LogP contribution in [-0.2, 0) is 4.74 Å². The van der Waals surface area contributed by atoms with E-state index in [4.69, 9.17) is 9.47 Å². The Morgan fingerprint density at radius 3 is 2.56 bits per heavy atom. The summed E-state index contributed by atoms with van der Waals surface area (Å²) in [5.41, 5.74) is 2.76. The summed E-state index contributed by atoms with van der Waals surface area (Å²) >= 11 is 0. The highest BCUT2D eigenvalue weighted by atomic mass is 16.6. The zero-order valence-corrected chi connectivity index (χ0v) is 16.4. The van der Waals surface area contributed by atoms with Crippen molar-refractivity contribution in [2.24, 2.45) is 0 Å². The molecule has 1 aliphatic heterocycles. The molecule has 1 unspecified atom stereocenters. The largest absolute Gasteiger partial charge is 0.467 e. The second-order valence-corrected chi connectivity index (χ2v) is 7.81. The van der Waals surface area contributed by atoms with E-state index in [0.29, 0.717) is 12.6 Å². The van der Waals surface area contributed by atoms with E-state index >= 15 is 0 Å². The van der Waals surface area contributed by atoms with Gasteiger partial charge in [0.25, 0.3) is 0 Å². The van der Waals surface area contributed by atoms with Crippen LogP contribution in [0.3, 0.4) is 0 Å². The molecule has 1 aromatic heterocycles. The van der Waals surface area contributed by atoms with Crippen LogP contribution in [0.1, 0.15) is 45.1 Å². The van der Waals surface area contributed by atoms with Gasteiger partial charge in [0, 0.05) is 37.0 Å². The van der Waals surface area contributed by atoms with Crippen molar-refractivity contribution in [2.45, 2.75) is 45.1 Å². The van der Waals surface area contributed by atoms with E-state index in [1.807, 2.05) is 37.8 Å². The minimum Gasteiger partial charge on any atom is -0.467 e. The predicted molar refractivity (Wildman–Crippen MR) is 104 cm³/mol. The fourth-order valence-electron chi connectivity index (χ4n) is 3.40. The van der Waals surface area contributed by atoms with Crippen molar-refractivity contribution in [3.05, 3.63) is 42.2 Å². The first-order chi connectivity index (χ1) is 12.9. The number of rotatable bonds is 3. The zero-order valence-electron chi connectivity index (χ0n) is 16.4. The fraction of sp³-hybridized carbons (Fsp3) is 0.476. The third-order valence-electron chi connectivity index (χ3n) is 4.60. The summed E-state index contributed by atoms with van der Waals surface area (Å²) in [4.78, 5) is 22.8. The fourth-order valence-corrected chi connectivity index (χ4v) is 3.40. The van der Waals surface area contributed by atoms with Gasteiger partial charge in [-0.1, -0.05) is 24.3 Å². The van der Waals surface area contributed by atoms with Gasteiger partial charge >= 0.3 is 12.1 Å². The summed E-state index contributed by atoms with van der Waals surface area (Å²) in [7, 11) is 1.55. The van der Waals surface area contributed by atoms with Crippen molar-refractivity contribution in [3.8, 4) is 17.1 Å². The Morgan fingerprint density at radius 1 is 1.19 bits per heavy atom. The Balaban J connectivity index is 1.82. The zero-order chi connectivity index (χ0) is 19.4. The Hall–Kier alpha value is -2.63. The van der Waals surface area contributed by atoms with Crippen molar-refractivity contribution in [3.63, 3.8) is 0 Å². The predicted octanol–water partition coefficient (Wildman–Crippen LogP) is 4.27. The number of hydrogen-bond donors (Lipinski definition) is 0. The van der Waals surface area contributed by atoms with Gasteiger partial charge in [0.1, 0.15) is 5.60 Å². The lowest BCUT2D eigenvalue weighted by molar-refractivity contribution is 0.0198. The summed E-state index contributed by atoms with van der Waals surface area (Å²) in [5.74, 6) is 0.254. The van der Waals surface area contributed by atoms with Crippen LogP contribution >= 0.6 is 0 Å². The standard InChI is InChI=1S/C21H27N3O3/c1-21(2,3)27-20(25)24-11-7-8-15(14-24)17-9-5-6-10-18(17)16-12-22-19(26-4)23-13-16/h5-6,9-10,12-13,15H,7-8,11,14H2,1-4H3. The first-order valence-electron chi connectivity index (χ1n) is 9.30. The first kappa shape index (κ1) is 19.1. The highest BCUT2D eigenvalue weighted by molar-refractivity contribution is 5.69. The molecule has 1 atom stereocenters. The van der Waals surface area contributed by atoms with E-state index in [9.17, 15) is 4.79 Å². The molecule has 6 nitrogen and oxygen atoms in total. The van der Waals surface area contributed by atoms with E-state index in [-0.39, 0.29) is 12.0 Å². The number of benzene rings is 1. The number of aromatic nitrogens is 2. The molecule has 1 aliphatic rings. The molecule has 0 N–H and O–H groups in total. The molecule has 0 bridgehead atoms. The highest BCUT2D eigenvalue weighted by Gasteiger charge is 2.29. The Labute approximate surface area is 160 Å². The smallest absolute Gasteiger partial charge is 0.410 e. The van der Waals surface area contributed by atoms with E-state index < -0.39 is 5.60 Å². The Bertz CT molecular complexity index is 784. The average molecular weight is 369 g/mol. The summed E-state index contributed by atoms with van der Waals surface area (Å²) in [6, 6.07) is 8.60. The average Bonchev–Trinajstić information content (AvgIpc) is 2.67. The molecule has 2 heterocycles. The van der Waals surface area contributed by atoms with Gasteiger partial charge in [-0.25, -0.2) is 14.8 Å². The molecule has 1 saturated heterocycles. The maximum absolute atomic E-state index is 12.5. The third kappa shape index (κ3) is 4.76. The van der Waals surface area contributed by atoms with Gasteiger partial charge in [-0.05, 0) is 44.7 Å². The number of methoxy groups -OCH3 is 1. The van der Waals surface area contributed by atoms with E-state index in [1.165, 1.54) is 5.56 Å². The van der Waals surface area contributed by atoms with E-state index in [1.54, 1.807) is 19.5 Å². The Kier molecular flexibility index (Phi) is 5.63. The van der Waals surface area contributed by atoms with Crippen LogP contribution in [-0.4, -0.2) is 46.8 Å². The number of carbonyl (C=O) groups excluding carboxylic acids is 1. The van der Waals surface area contributed by atoms with Crippen LogP contribution in [0, 0.1) is 0 Å². The van der Waals surface area contributed by atoms with Crippen molar-refractivity contribution in [1.82, 2.24) is 14.9 Å². The van der Waals surface area contributed by atoms with Gasteiger partial charge in [-0.2, -0.15) is 0 Å². The van der Waals surface area contributed by atoms with Crippen LogP contribution in [0.15, 0.2) is 36.7 Å². The molecule has 144 valence electrons. The van der Waals surface area contributed by atoms with Gasteiger partial charge in [-0.3, -0.25) is 0 Å².